The van der Waals surface area contributed by atoms with Crippen molar-refractivity contribution in [2.45, 2.75) is 65.1 Å². The Bertz CT molecular complexity index is 983. The maximum atomic E-state index is 11.2. The normalized spacial score (nSPS) is 11.9. The molecule has 34 heavy (non-hydrogen) atoms. The summed E-state index contributed by atoms with van der Waals surface area (Å²) in [5.41, 5.74) is 2.31. The summed E-state index contributed by atoms with van der Waals surface area (Å²) in [6, 6.07) is 27.2. The van der Waals surface area contributed by atoms with E-state index in [0.29, 0.717) is 5.56 Å². The van der Waals surface area contributed by atoms with E-state index in [1.807, 2.05) is 121 Å². The van der Waals surface area contributed by atoms with Crippen LogP contribution in [0.2, 0.25) is 0 Å². The lowest BCUT2D eigenvalue weighted by atomic mass is 9.84. The van der Waals surface area contributed by atoms with Crippen molar-refractivity contribution in [3.05, 3.63) is 107 Å². The Labute approximate surface area is 203 Å². The second-order valence-electron chi connectivity index (χ2n) is 10.1. The molecule has 0 heterocycles. The van der Waals surface area contributed by atoms with E-state index in [-0.39, 0.29) is 5.41 Å². The van der Waals surface area contributed by atoms with Crippen LogP contribution in [0, 0.1) is 0 Å². The fourth-order valence-corrected chi connectivity index (χ4v) is 3.35. The van der Waals surface area contributed by atoms with Crippen molar-refractivity contribution in [1.29, 1.82) is 0 Å². The Morgan fingerprint density at radius 2 is 1.00 bits per heavy atom. The predicted molar refractivity (Wildman–Crippen MR) is 134 cm³/mol. The van der Waals surface area contributed by atoms with Crippen LogP contribution in [0.4, 0.5) is 0 Å². The van der Waals surface area contributed by atoms with Gasteiger partial charge in [-0.3, -0.25) is 4.89 Å². The molecule has 0 bridgehead atoms. The lowest BCUT2D eigenvalue weighted by Gasteiger charge is -2.31. The zero-order valence-electron chi connectivity index (χ0n) is 21.2. The SMILES string of the molecule is CC(C)(C)c1ccccc1C(=O)OO.CC(C)(OOC(C)(C)c1ccccc1)c1ccccc1. The molecule has 0 atom stereocenters. The summed E-state index contributed by atoms with van der Waals surface area (Å²) >= 11 is 0. The molecule has 182 valence electrons. The molecule has 3 aromatic rings. The molecule has 0 spiro atoms. The van der Waals surface area contributed by atoms with E-state index in [9.17, 15) is 4.79 Å². The Morgan fingerprint density at radius 1 is 0.618 bits per heavy atom. The van der Waals surface area contributed by atoms with Crippen molar-refractivity contribution >= 4 is 5.97 Å². The van der Waals surface area contributed by atoms with Crippen LogP contribution in [0.3, 0.4) is 0 Å². The average Bonchev–Trinajstić information content (AvgIpc) is 2.83. The fourth-order valence-electron chi connectivity index (χ4n) is 3.35. The molecule has 5 heteroatoms. The standard InChI is InChI=1S/C18H22O2.C11H14O3/c1-17(2,15-11-7-5-8-12-15)19-20-18(3,4)16-13-9-6-10-14-16;1-11(2,3)9-7-5-4-6-8(9)10(12)14-13/h5-14H,1-4H3;4-7,13H,1-3H3. The number of carbonyl (C=O) groups is 1. The van der Waals surface area contributed by atoms with Gasteiger partial charge in [-0.15, -0.1) is 0 Å². The first-order valence-corrected chi connectivity index (χ1v) is 11.3. The molecule has 0 fully saturated rings. The number of rotatable bonds is 6. The minimum atomic E-state index is -0.712. The van der Waals surface area contributed by atoms with Gasteiger partial charge >= 0.3 is 5.97 Å². The summed E-state index contributed by atoms with van der Waals surface area (Å²) in [6.45, 7) is 14.0. The highest BCUT2D eigenvalue weighted by molar-refractivity contribution is 5.91. The van der Waals surface area contributed by atoms with Crippen LogP contribution in [0.5, 0.6) is 0 Å². The van der Waals surface area contributed by atoms with E-state index < -0.39 is 17.2 Å². The minimum Gasteiger partial charge on any atom is -0.295 e. The first-order valence-electron chi connectivity index (χ1n) is 11.3. The number of carbonyl (C=O) groups excluding carboxylic acids is 1. The third-order valence-electron chi connectivity index (χ3n) is 5.43. The Morgan fingerprint density at radius 3 is 1.38 bits per heavy atom. The number of benzene rings is 3. The van der Waals surface area contributed by atoms with Crippen LogP contribution in [-0.2, 0) is 31.3 Å². The van der Waals surface area contributed by atoms with Crippen LogP contribution in [0.25, 0.3) is 0 Å². The third kappa shape index (κ3) is 7.52. The quantitative estimate of drug-likeness (QED) is 0.304. The Hall–Kier alpha value is -2.99. The summed E-state index contributed by atoms with van der Waals surface area (Å²) in [5, 5.41) is 8.33. The maximum absolute atomic E-state index is 11.2. The molecule has 0 amide bonds. The van der Waals surface area contributed by atoms with Crippen LogP contribution in [-0.4, -0.2) is 11.2 Å². The Balaban J connectivity index is 0.000000257. The summed E-state index contributed by atoms with van der Waals surface area (Å²) in [7, 11) is 0. The minimum absolute atomic E-state index is 0.148. The molecule has 0 aliphatic rings. The van der Waals surface area contributed by atoms with Gasteiger partial charge in [0.25, 0.3) is 0 Å². The van der Waals surface area contributed by atoms with Crippen molar-refractivity contribution in [3.8, 4) is 0 Å². The molecule has 5 nitrogen and oxygen atoms in total. The van der Waals surface area contributed by atoms with Crippen LogP contribution in [0.15, 0.2) is 84.9 Å². The first-order chi connectivity index (χ1) is 15.9. The van der Waals surface area contributed by atoms with E-state index in [1.54, 1.807) is 12.1 Å². The van der Waals surface area contributed by atoms with Gasteiger partial charge < -0.3 is 0 Å². The zero-order valence-corrected chi connectivity index (χ0v) is 21.2. The van der Waals surface area contributed by atoms with Crippen molar-refractivity contribution in [2.24, 2.45) is 0 Å². The van der Waals surface area contributed by atoms with Crippen molar-refractivity contribution in [1.82, 2.24) is 0 Å². The highest BCUT2D eigenvalue weighted by Crippen LogP contribution is 2.31. The largest absolute Gasteiger partial charge is 0.373 e. The van der Waals surface area contributed by atoms with Gasteiger partial charge in [0, 0.05) is 0 Å². The van der Waals surface area contributed by atoms with E-state index in [0.717, 1.165) is 16.7 Å². The molecule has 0 unspecified atom stereocenters. The van der Waals surface area contributed by atoms with E-state index in [1.165, 1.54) is 0 Å². The highest BCUT2D eigenvalue weighted by atomic mass is 17.2. The van der Waals surface area contributed by atoms with Gasteiger partial charge in [0.1, 0.15) is 11.2 Å². The van der Waals surface area contributed by atoms with Crippen molar-refractivity contribution in [2.75, 3.05) is 0 Å². The van der Waals surface area contributed by atoms with Gasteiger partial charge in [0.15, 0.2) is 0 Å². The zero-order chi connectivity index (χ0) is 25.4. The number of hydrogen-bond donors (Lipinski definition) is 1. The smallest absolute Gasteiger partial charge is 0.295 e. The molecule has 1 N–H and O–H groups in total. The lowest BCUT2D eigenvalue weighted by Crippen LogP contribution is -2.29. The molecule has 0 aliphatic carbocycles. The monoisotopic (exact) mass is 464 g/mol. The molecule has 0 radical (unpaired) electrons. The van der Waals surface area contributed by atoms with Gasteiger partial charge in [0.05, 0.1) is 5.56 Å². The maximum Gasteiger partial charge on any atom is 0.373 e. The molecule has 0 saturated carbocycles. The highest BCUT2D eigenvalue weighted by Gasteiger charge is 2.29. The summed E-state index contributed by atoms with van der Waals surface area (Å²) in [4.78, 5) is 26.4. The molecule has 3 rings (SSSR count). The second-order valence-corrected chi connectivity index (χ2v) is 10.1. The molecule has 0 aliphatic heterocycles. The molecule has 0 aromatic heterocycles. The second kappa shape index (κ2) is 11.4. The van der Waals surface area contributed by atoms with Crippen LogP contribution < -0.4 is 0 Å². The van der Waals surface area contributed by atoms with Crippen molar-refractivity contribution in [3.63, 3.8) is 0 Å². The van der Waals surface area contributed by atoms with E-state index >= 15 is 0 Å². The van der Waals surface area contributed by atoms with Gasteiger partial charge in [0.2, 0.25) is 0 Å². The van der Waals surface area contributed by atoms with Crippen molar-refractivity contribution < 1.29 is 24.7 Å². The topological polar surface area (TPSA) is 65.0 Å². The third-order valence-corrected chi connectivity index (χ3v) is 5.43. The van der Waals surface area contributed by atoms with Gasteiger partial charge in [-0.25, -0.2) is 14.6 Å². The summed E-state index contributed by atoms with van der Waals surface area (Å²) in [5.74, 6) is -0.712. The van der Waals surface area contributed by atoms with Gasteiger partial charge in [-0.05, 0) is 55.9 Å². The molecule has 3 aromatic carbocycles. The Kier molecular flexibility index (Phi) is 9.16. The van der Waals surface area contributed by atoms with Gasteiger partial charge in [-0.1, -0.05) is 99.6 Å². The fraction of sp³-hybridized carbons (Fsp3) is 0.345. The van der Waals surface area contributed by atoms with Crippen LogP contribution >= 0.6 is 0 Å². The molecule has 0 saturated heterocycles. The van der Waals surface area contributed by atoms with E-state index in [2.05, 4.69) is 4.89 Å². The average molecular weight is 465 g/mol. The lowest BCUT2D eigenvalue weighted by molar-refractivity contribution is -0.410. The first kappa shape index (κ1) is 27.3. The predicted octanol–water partition coefficient (Wildman–Crippen LogP) is 7.42. The molecular weight excluding hydrogens is 428 g/mol. The van der Waals surface area contributed by atoms with Gasteiger partial charge in [-0.2, -0.15) is 5.26 Å². The van der Waals surface area contributed by atoms with E-state index in [4.69, 9.17) is 15.0 Å². The summed E-state index contributed by atoms with van der Waals surface area (Å²) < 4.78 is 0. The molecular formula is C29H36O5. The number of hydrogen-bond acceptors (Lipinski definition) is 5. The van der Waals surface area contributed by atoms with Crippen LogP contribution in [0.1, 0.15) is 75.5 Å². The summed E-state index contributed by atoms with van der Waals surface area (Å²) in [6.07, 6.45) is 0.